The highest BCUT2D eigenvalue weighted by atomic mass is 35.5. The van der Waals surface area contributed by atoms with Gasteiger partial charge in [0.15, 0.2) is 0 Å². The van der Waals surface area contributed by atoms with E-state index in [1.54, 1.807) is 8.61 Å². The van der Waals surface area contributed by atoms with Gasteiger partial charge in [0.1, 0.15) is 0 Å². The van der Waals surface area contributed by atoms with Gasteiger partial charge in [0.05, 0.1) is 0 Å². The summed E-state index contributed by atoms with van der Waals surface area (Å²) >= 11 is 0. The number of hydrogen-bond acceptors (Lipinski definition) is 3. The van der Waals surface area contributed by atoms with Crippen LogP contribution in [0, 0.1) is 11.8 Å². The van der Waals surface area contributed by atoms with Gasteiger partial charge in [-0.25, -0.2) is 0 Å². The Labute approximate surface area is 116 Å². The van der Waals surface area contributed by atoms with Gasteiger partial charge in [0.25, 0.3) is 10.2 Å². The predicted molar refractivity (Wildman–Crippen MR) is 74.9 cm³/mol. The lowest BCUT2D eigenvalue weighted by Crippen LogP contribution is -2.49. The van der Waals surface area contributed by atoms with E-state index in [0.29, 0.717) is 38.0 Å². The highest BCUT2D eigenvalue weighted by Crippen LogP contribution is 2.26. The smallest absolute Gasteiger partial charge is 0.282 e. The molecule has 108 valence electrons. The van der Waals surface area contributed by atoms with Gasteiger partial charge in [-0.05, 0) is 24.7 Å². The number of rotatable bonds is 2. The highest BCUT2D eigenvalue weighted by molar-refractivity contribution is 7.86. The molecule has 0 spiro atoms. The molecule has 18 heavy (non-hydrogen) atoms. The van der Waals surface area contributed by atoms with Crippen molar-refractivity contribution in [3.63, 3.8) is 0 Å². The molecule has 0 radical (unpaired) electrons. The molecule has 2 unspecified atom stereocenters. The third-order valence-corrected chi connectivity index (χ3v) is 5.61. The fourth-order valence-corrected chi connectivity index (χ4v) is 4.85. The van der Waals surface area contributed by atoms with Crippen molar-refractivity contribution >= 4 is 22.6 Å². The maximum atomic E-state index is 12.4. The van der Waals surface area contributed by atoms with E-state index in [1.807, 2.05) is 0 Å². The zero-order chi connectivity index (χ0) is 12.6. The van der Waals surface area contributed by atoms with Crippen LogP contribution in [-0.2, 0) is 10.2 Å². The fourth-order valence-electron chi connectivity index (χ4n) is 2.92. The van der Waals surface area contributed by atoms with Gasteiger partial charge < -0.3 is 5.73 Å². The number of hydrogen-bond donors (Lipinski definition) is 1. The van der Waals surface area contributed by atoms with Crippen LogP contribution < -0.4 is 5.73 Å². The van der Waals surface area contributed by atoms with Crippen LogP contribution in [0.2, 0.25) is 0 Å². The van der Waals surface area contributed by atoms with Crippen molar-refractivity contribution in [3.8, 4) is 0 Å². The Hall–Kier alpha value is 0.120. The molecule has 2 aliphatic rings. The van der Waals surface area contributed by atoms with Crippen molar-refractivity contribution in [2.75, 3.05) is 26.2 Å². The van der Waals surface area contributed by atoms with E-state index in [1.165, 1.54) is 0 Å². The van der Waals surface area contributed by atoms with E-state index in [4.69, 9.17) is 5.73 Å². The molecule has 0 bridgehead atoms. The zero-order valence-corrected chi connectivity index (χ0v) is 12.7. The monoisotopic (exact) mass is 297 g/mol. The van der Waals surface area contributed by atoms with E-state index in [0.717, 1.165) is 12.8 Å². The molecule has 7 heteroatoms. The number of nitrogens with two attached hydrogens (primary N) is 1. The first-order valence-electron chi connectivity index (χ1n) is 6.40. The summed E-state index contributed by atoms with van der Waals surface area (Å²) in [6, 6.07) is 0.00409. The van der Waals surface area contributed by atoms with Crippen LogP contribution in [0.5, 0.6) is 0 Å². The molecule has 0 aromatic rings. The van der Waals surface area contributed by atoms with Crippen molar-refractivity contribution < 1.29 is 8.42 Å². The summed E-state index contributed by atoms with van der Waals surface area (Å²) in [4.78, 5) is 0. The molecule has 0 saturated carbocycles. The quantitative estimate of drug-likeness (QED) is 0.814. The van der Waals surface area contributed by atoms with Crippen LogP contribution in [0.4, 0.5) is 0 Å². The highest BCUT2D eigenvalue weighted by Gasteiger charge is 2.37. The SMILES string of the molecule is CC1CC(C)CN(S(=O)(=O)N2CC[C@H](N)C2)C1.Cl. The third kappa shape index (κ3) is 3.36. The Morgan fingerprint density at radius 1 is 1.06 bits per heavy atom. The van der Waals surface area contributed by atoms with Crippen LogP contribution in [0.25, 0.3) is 0 Å². The van der Waals surface area contributed by atoms with Crippen LogP contribution in [0.1, 0.15) is 26.7 Å². The minimum absolute atomic E-state index is 0. The first-order chi connectivity index (χ1) is 7.89. The Kier molecular flexibility index (Phi) is 5.44. The number of halogens is 1. The first-order valence-corrected chi connectivity index (χ1v) is 7.80. The molecular weight excluding hydrogens is 274 g/mol. The maximum Gasteiger partial charge on any atom is 0.282 e. The molecule has 2 aliphatic heterocycles. The zero-order valence-electron chi connectivity index (χ0n) is 11.1. The Bertz CT molecular complexity index is 366. The van der Waals surface area contributed by atoms with Gasteiger partial charge in [-0.15, -0.1) is 12.4 Å². The predicted octanol–water partition coefficient (Wildman–Crippen LogP) is 0.664. The summed E-state index contributed by atoms with van der Waals surface area (Å²) in [5, 5.41) is 0. The second kappa shape index (κ2) is 6.05. The fraction of sp³-hybridized carbons (Fsp3) is 1.00. The maximum absolute atomic E-state index is 12.4. The molecule has 2 rings (SSSR count). The summed E-state index contributed by atoms with van der Waals surface area (Å²) in [6.07, 6.45) is 1.89. The van der Waals surface area contributed by atoms with Crippen LogP contribution >= 0.6 is 12.4 Å². The molecule has 2 heterocycles. The van der Waals surface area contributed by atoms with E-state index in [-0.39, 0.29) is 18.4 Å². The van der Waals surface area contributed by atoms with Crippen molar-refractivity contribution in [2.45, 2.75) is 32.7 Å². The summed E-state index contributed by atoms with van der Waals surface area (Å²) in [6.45, 7) is 6.59. The van der Waals surface area contributed by atoms with Gasteiger partial charge in [0, 0.05) is 32.2 Å². The van der Waals surface area contributed by atoms with E-state index >= 15 is 0 Å². The summed E-state index contributed by atoms with van der Waals surface area (Å²) in [7, 11) is -3.27. The van der Waals surface area contributed by atoms with Crippen LogP contribution in [-0.4, -0.2) is 49.2 Å². The van der Waals surface area contributed by atoms with E-state index in [2.05, 4.69) is 13.8 Å². The normalized spacial score (nSPS) is 35.4. The van der Waals surface area contributed by atoms with Gasteiger partial charge >= 0.3 is 0 Å². The molecular formula is C11H24ClN3O2S. The minimum Gasteiger partial charge on any atom is -0.326 e. The molecule has 0 aliphatic carbocycles. The second-order valence-electron chi connectivity index (χ2n) is 5.68. The van der Waals surface area contributed by atoms with E-state index in [9.17, 15) is 8.42 Å². The van der Waals surface area contributed by atoms with Crippen LogP contribution in [0.15, 0.2) is 0 Å². The summed E-state index contributed by atoms with van der Waals surface area (Å²) in [5.74, 6) is 0.898. The minimum atomic E-state index is -3.27. The van der Waals surface area contributed by atoms with Crippen molar-refractivity contribution in [1.29, 1.82) is 0 Å². The van der Waals surface area contributed by atoms with Crippen molar-refractivity contribution in [3.05, 3.63) is 0 Å². The average molecular weight is 298 g/mol. The first kappa shape index (κ1) is 16.2. The topological polar surface area (TPSA) is 66.6 Å². The lowest BCUT2D eigenvalue weighted by atomic mass is 9.94. The van der Waals surface area contributed by atoms with Gasteiger partial charge in [-0.3, -0.25) is 0 Å². The standard InChI is InChI=1S/C11H23N3O2S.ClH/c1-9-5-10(2)7-14(6-9)17(15,16)13-4-3-11(12)8-13;/h9-11H,3-8,12H2,1-2H3;1H/t9?,10?,11-;/m0./s1. The molecule has 0 aromatic carbocycles. The summed E-state index contributed by atoms with van der Waals surface area (Å²) in [5.41, 5.74) is 5.78. The molecule has 3 atom stereocenters. The van der Waals surface area contributed by atoms with Crippen LogP contribution in [0.3, 0.4) is 0 Å². The van der Waals surface area contributed by atoms with Crippen molar-refractivity contribution in [1.82, 2.24) is 8.61 Å². The Morgan fingerprint density at radius 2 is 1.61 bits per heavy atom. The molecule has 0 aromatic heterocycles. The Morgan fingerprint density at radius 3 is 2.06 bits per heavy atom. The largest absolute Gasteiger partial charge is 0.326 e. The molecule has 2 fully saturated rings. The summed E-state index contributed by atoms with van der Waals surface area (Å²) < 4.78 is 28.0. The molecule has 2 saturated heterocycles. The lowest BCUT2D eigenvalue weighted by molar-refractivity contribution is 0.211. The second-order valence-corrected chi connectivity index (χ2v) is 7.61. The molecule has 2 N–H and O–H groups in total. The number of piperidine rings is 1. The van der Waals surface area contributed by atoms with Gasteiger partial charge in [-0.1, -0.05) is 13.8 Å². The van der Waals surface area contributed by atoms with E-state index < -0.39 is 10.2 Å². The van der Waals surface area contributed by atoms with Gasteiger partial charge in [0.2, 0.25) is 0 Å². The third-order valence-electron chi connectivity index (χ3n) is 3.68. The van der Waals surface area contributed by atoms with Crippen molar-refractivity contribution in [2.24, 2.45) is 17.6 Å². The number of nitrogens with zero attached hydrogens (tertiary/aromatic N) is 2. The molecule has 0 amide bonds. The Balaban J connectivity index is 0.00000162. The molecule has 5 nitrogen and oxygen atoms in total. The van der Waals surface area contributed by atoms with Gasteiger partial charge in [-0.2, -0.15) is 17.0 Å². The average Bonchev–Trinajstić information content (AvgIpc) is 2.64. The lowest BCUT2D eigenvalue weighted by Gasteiger charge is -2.36.